The van der Waals surface area contributed by atoms with E-state index < -0.39 is 17.5 Å². The normalized spacial score (nSPS) is 15.6. The Morgan fingerprint density at radius 2 is 2.12 bits per heavy atom. The molecular weight excluding hydrogens is 332 g/mol. The van der Waals surface area contributed by atoms with Gasteiger partial charge in [0.15, 0.2) is 5.82 Å². The van der Waals surface area contributed by atoms with Crippen LogP contribution in [0, 0.1) is 18.6 Å². The van der Waals surface area contributed by atoms with Crippen LogP contribution in [0.4, 0.5) is 8.78 Å². The van der Waals surface area contributed by atoms with Gasteiger partial charge in [0.05, 0.1) is 18.3 Å². The van der Waals surface area contributed by atoms with Crippen molar-refractivity contribution in [1.29, 1.82) is 0 Å². The largest absolute Gasteiger partial charge is 0.378 e. The number of benzene rings is 1. The molecule has 0 unspecified atom stereocenters. The predicted molar refractivity (Wildman–Crippen MR) is 84.0 cm³/mol. The lowest BCUT2D eigenvalue weighted by Gasteiger charge is -2.32. The van der Waals surface area contributed by atoms with E-state index in [9.17, 15) is 13.6 Å². The molecule has 0 spiro atoms. The molecule has 0 bridgehead atoms. The number of hydrogen-bond acceptors (Lipinski definition) is 5. The summed E-state index contributed by atoms with van der Waals surface area (Å²) in [4.78, 5) is 18.0. The topological polar surface area (TPSA) is 68.5 Å². The third-order valence-corrected chi connectivity index (χ3v) is 4.14. The lowest BCUT2D eigenvalue weighted by Crippen LogP contribution is -2.41. The quantitative estimate of drug-likeness (QED) is 0.828. The lowest BCUT2D eigenvalue weighted by molar-refractivity contribution is 0.00936. The summed E-state index contributed by atoms with van der Waals surface area (Å²) in [6.45, 7) is 3.15. The van der Waals surface area contributed by atoms with E-state index in [1.807, 2.05) is 0 Å². The molecule has 1 saturated heterocycles. The lowest BCUT2D eigenvalue weighted by atomic mass is 10.1. The molecule has 0 N–H and O–H groups in total. The summed E-state index contributed by atoms with van der Waals surface area (Å²) < 4.78 is 37.4. The molecule has 1 fully saturated rings. The number of halogens is 2. The smallest absolute Gasteiger partial charge is 0.256 e. The Morgan fingerprint density at radius 1 is 1.36 bits per heavy atom. The Labute approximate surface area is 143 Å². The van der Waals surface area contributed by atoms with Crippen molar-refractivity contribution in [3.63, 3.8) is 0 Å². The van der Waals surface area contributed by atoms with E-state index in [-0.39, 0.29) is 11.7 Å². The zero-order valence-electron chi connectivity index (χ0n) is 13.9. The molecule has 1 aromatic carbocycles. The Kier molecular flexibility index (Phi) is 5.37. The first kappa shape index (κ1) is 17.5. The highest BCUT2D eigenvalue weighted by atomic mass is 19.1. The second-order valence-corrected chi connectivity index (χ2v) is 5.97. The van der Waals surface area contributed by atoms with Gasteiger partial charge in [0.2, 0.25) is 5.89 Å². The molecule has 0 atom stereocenters. The second-order valence-electron chi connectivity index (χ2n) is 5.97. The van der Waals surface area contributed by atoms with Gasteiger partial charge in [-0.25, -0.2) is 8.78 Å². The van der Waals surface area contributed by atoms with Crippen LogP contribution in [0.15, 0.2) is 22.7 Å². The van der Waals surface area contributed by atoms with Gasteiger partial charge in [-0.05, 0) is 25.0 Å². The number of aryl methyl sites for hydroxylation is 1. The average molecular weight is 351 g/mol. The van der Waals surface area contributed by atoms with Crippen molar-refractivity contribution >= 4 is 5.91 Å². The Hall–Kier alpha value is -2.35. The van der Waals surface area contributed by atoms with E-state index in [1.165, 1.54) is 6.07 Å². The Morgan fingerprint density at radius 3 is 2.76 bits per heavy atom. The van der Waals surface area contributed by atoms with Crippen molar-refractivity contribution in [2.75, 3.05) is 19.7 Å². The van der Waals surface area contributed by atoms with Crippen molar-refractivity contribution in [3.05, 3.63) is 47.1 Å². The van der Waals surface area contributed by atoms with E-state index in [0.29, 0.717) is 50.7 Å². The van der Waals surface area contributed by atoms with Crippen molar-refractivity contribution in [2.24, 2.45) is 0 Å². The fourth-order valence-electron chi connectivity index (χ4n) is 2.82. The number of piperidine rings is 1. The van der Waals surface area contributed by atoms with Gasteiger partial charge < -0.3 is 14.2 Å². The molecule has 2 heterocycles. The molecule has 2 aromatic rings. The molecule has 3 rings (SSSR count). The van der Waals surface area contributed by atoms with Crippen LogP contribution < -0.4 is 0 Å². The van der Waals surface area contributed by atoms with Gasteiger partial charge in [-0.15, -0.1) is 0 Å². The highest BCUT2D eigenvalue weighted by Crippen LogP contribution is 2.18. The minimum Gasteiger partial charge on any atom is -0.378 e. The van der Waals surface area contributed by atoms with Crippen LogP contribution in [0.2, 0.25) is 0 Å². The number of aromatic nitrogens is 2. The molecule has 134 valence electrons. The molecule has 1 amide bonds. The number of carbonyl (C=O) groups excluding carboxylic acids is 1. The summed E-state index contributed by atoms with van der Waals surface area (Å²) in [5, 5.41) is 3.80. The number of likely N-dealkylation sites (tertiary alicyclic amines) is 1. The third-order valence-electron chi connectivity index (χ3n) is 4.14. The van der Waals surface area contributed by atoms with E-state index in [1.54, 1.807) is 11.8 Å². The van der Waals surface area contributed by atoms with Gasteiger partial charge in [-0.2, -0.15) is 4.98 Å². The van der Waals surface area contributed by atoms with Crippen molar-refractivity contribution in [3.8, 4) is 0 Å². The Bertz CT molecular complexity index is 742. The molecular formula is C17H19F2N3O3. The van der Waals surface area contributed by atoms with Gasteiger partial charge in [-0.1, -0.05) is 5.16 Å². The fraction of sp³-hybridized carbons (Fsp3) is 0.471. The SMILES string of the molecule is Cc1nc(CCOC2CCN(C(=O)c3ccc(F)cc3F)CC2)no1. The van der Waals surface area contributed by atoms with Crippen molar-refractivity contribution < 1.29 is 22.8 Å². The third kappa shape index (κ3) is 4.39. The summed E-state index contributed by atoms with van der Waals surface area (Å²) >= 11 is 0. The number of amides is 1. The first-order valence-electron chi connectivity index (χ1n) is 8.18. The highest BCUT2D eigenvalue weighted by Gasteiger charge is 2.25. The van der Waals surface area contributed by atoms with Crippen molar-refractivity contribution in [2.45, 2.75) is 32.3 Å². The fourth-order valence-corrected chi connectivity index (χ4v) is 2.82. The first-order chi connectivity index (χ1) is 12.0. The standard InChI is InChI=1S/C17H19F2N3O3/c1-11-20-16(21-25-11)6-9-24-13-4-7-22(8-5-13)17(23)14-3-2-12(18)10-15(14)19/h2-3,10,13H,4-9H2,1H3. The highest BCUT2D eigenvalue weighted by molar-refractivity contribution is 5.94. The number of nitrogens with zero attached hydrogens (tertiary/aromatic N) is 3. The molecule has 8 heteroatoms. The first-order valence-corrected chi connectivity index (χ1v) is 8.18. The number of rotatable bonds is 5. The summed E-state index contributed by atoms with van der Waals surface area (Å²) in [5.41, 5.74) is -0.103. The van der Waals surface area contributed by atoms with E-state index in [0.717, 1.165) is 12.1 Å². The maximum atomic E-state index is 13.7. The predicted octanol–water partition coefficient (Wildman–Crippen LogP) is 2.52. The Balaban J connectivity index is 1.45. The minimum atomic E-state index is -0.834. The van der Waals surface area contributed by atoms with Crippen LogP contribution in [-0.4, -0.2) is 46.7 Å². The molecule has 1 aliphatic rings. The zero-order chi connectivity index (χ0) is 17.8. The molecule has 25 heavy (non-hydrogen) atoms. The molecule has 0 aliphatic carbocycles. The van der Waals surface area contributed by atoms with Crippen LogP contribution in [0.1, 0.15) is 34.9 Å². The second kappa shape index (κ2) is 7.69. The molecule has 6 nitrogen and oxygen atoms in total. The van der Waals surface area contributed by atoms with Crippen LogP contribution in [0.5, 0.6) is 0 Å². The van der Waals surface area contributed by atoms with E-state index in [4.69, 9.17) is 9.26 Å². The van der Waals surface area contributed by atoms with Crippen LogP contribution in [0.25, 0.3) is 0 Å². The van der Waals surface area contributed by atoms with Gasteiger partial charge in [0.25, 0.3) is 5.91 Å². The number of carbonyl (C=O) groups is 1. The summed E-state index contributed by atoms with van der Waals surface area (Å²) in [6.07, 6.45) is 1.94. The summed E-state index contributed by atoms with van der Waals surface area (Å²) in [6, 6.07) is 3.00. The monoisotopic (exact) mass is 351 g/mol. The zero-order valence-corrected chi connectivity index (χ0v) is 13.9. The maximum absolute atomic E-state index is 13.7. The molecule has 0 radical (unpaired) electrons. The molecule has 0 saturated carbocycles. The summed E-state index contributed by atoms with van der Waals surface area (Å²) in [7, 11) is 0. The van der Waals surface area contributed by atoms with E-state index >= 15 is 0 Å². The van der Waals surface area contributed by atoms with Crippen LogP contribution in [0.3, 0.4) is 0 Å². The van der Waals surface area contributed by atoms with Gasteiger partial charge in [0.1, 0.15) is 11.6 Å². The maximum Gasteiger partial charge on any atom is 0.256 e. The molecule has 1 aliphatic heterocycles. The molecule has 1 aromatic heterocycles. The van der Waals surface area contributed by atoms with E-state index in [2.05, 4.69) is 10.1 Å². The van der Waals surface area contributed by atoms with Crippen LogP contribution in [-0.2, 0) is 11.2 Å². The van der Waals surface area contributed by atoms with Gasteiger partial charge in [0, 0.05) is 32.5 Å². The van der Waals surface area contributed by atoms with Gasteiger partial charge in [-0.3, -0.25) is 4.79 Å². The van der Waals surface area contributed by atoms with Gasteiger partial charge >= 0.3 is 0 Å². The van der Waals surface area contributed by atoms with Crippen molar-refractivity contribution in [1.82, 2.24) is 15.0 Å². The summed E-state index contributed by atoms with van der Waals surface area (Å²) in [5.74, 6) is -0.818. The number of hydrogen-bond donors (Lipinski definition) is 0. The van der Waals surface area contributed by atoms with Crippen LogP contribution >= 0.6 is 0 Å². The minimum absolute atomic E-state index is 0.0371. The number of ether oxygens (including phenoxy) is 1. The average Bonchev–Trinajstić information content (AvgIpc) is 3.00.